The lowest BCUT2D eigenvalue weighted by Crippen LogP contribution is -2.37. The van der Waals surface area contributed by atoms with Gasteiger partial charge in [-0.15, -0.1) is 0 Å². The van der Waals surface area contributed by atoms with Gasteiger partial charge in [0.1, 0.15) is 6.17 Å². The molecule has 2 aliphatic heterocycles. The highest BCUT2D eigenvalue weighted by molar-refractivity contribution is 6.03. The number of fused-ring (bicyclic) bond motifs is 1. The number of benzene rings is 1. The Hall–Kier alpha value is -3.90. The van der Waals surface area contributed by atoms with Gasteiger partial charge in [0, 0.05) is 39.1 Å². The molecule has 0 spiro atoms. The van der Waals surface area contributed by atoms with Gasteiger partial charge in [0.25, 0.3) is 0 Å². The van der Waals surface area contributed by atoms with Crippen LogP contribution in [0.3, 0.4) is 0 Å². The van der Waals surface area contributed by atoms with E-state index < -0.39 is 17.9 Å². The number of nitrogens with zero attached hydrogens (tertiary/aromatic N) is 6. The summed E-state index contributed by atoms with van der Waals surface area (Å²) in [5.74, 6) is 0.382. The summed E-state index contributed by atoms with van der Waals surface area (Å²) in [6, 6.07) is 4.01. The van der Waals surface area contributed by atoms with Crippen LogP contribution in [0.15, 0.2) is 37.2 Å². The number of piperidine rings is 1. The van der Waals surface area contributed by atoms with Crippen molar-refractivity contribution in [2.24, 2.45) is 7.05 Å². The molecule has 1 amide bonds. The normalized spacial score (nSPS) is 17.8. The van der Waals surface area contributed by atoms with Crippen LogP contribution in [-0.4, -0.2) is 57.8 Å². The van der Waals surface area contributed by atoms with Gasteiger partial charge < -0.3 is 25.4 Å². The molecule has 4 heterocycles. The number of carbonyl (C=O) groups is 1. The van der Waals surface area contributed by atoms with Crippen LogP contribution in [-0.2, 0) is 18.0 Å². The number of hydrogen-bond donors (Lipinski definition) is 2. The predicted molar refractivity (Wildman–Crippen MR) is 139 cm³/mol. The fraction of sp³-hybridized carbons (Fsp3) is 0.440. The summed E-state index contributed by atoms with van der Waals surface area (Å²) in [5, 5.41) is 2.92. The van der Waals surface area contributed by atoms with Crippen LogP contribution in [0.5, 0.6) is 0 Å². The summed E-state index contributed by atoms with van der Waals surface area (Å²) in [6.07, 6.45) is 1.11. The standard InChI is InChI=1S/C20H26FN5O.C5H4F3N3/c1-3-19(27)22-16-11-15-17(12-18(16)25-8-4-5-9-25)24(2)20(23-15)26-10-6-7-14(21)13-26;6-5(7,8)3-1-10-4(9)11-2-3/h3,11-12,14H,1,4-10,13H2,2H3,(H,22,27);1-2H,(H2,9,10,11). The van der Waals surface area contributed by atoms with Crippen LogP contribution in [0.1, 0.15) is 31.2 Å². The SMILES string of the molecule is C=CC(=O)Nc1cc2nc(N3CCCC(F)C3)n(C)c2cc1N1CCCC1.Nc1ncc(C(F)(F)F)cn1. The molecule has 2 aromatic heterocycles. The zero-order chi connectivity index (χ0) is 27.4. The summed E-state index contributed by atoms with van der Waals surface area (Å²) < 4.78 is 51.3. The molecule has 3 aromatic rings. The Morgan fingerprint density at radius 3 is 2.39 bits per heavy atom. The molecule has 0 radical (unpaired) electrons. The van der Waals surface area contributed by atoms with Crippen molar-refractivity contribution in [2.45, 2.75) is 38.0 Å². The van der Waals surface area contributed by atoms with Crippen LogP contribution < -0.4 is 20.9 Å². The van der Waals surface area contributed by atoms with E-state index in [-0.39, 0.29) is 11.9 Å². The number of hydrogen-bond acceptors (Lipinski definition) is 7. The minimum absolute atomic E-state index is 0.169. The molecule has 1 aromatic carbocycles. The molecular weight excluding hydrogens is 504 g/mol. The highest BCUT2D eigenvalue weighted by Crippen LogP contribution is 2.35. The number of rotatable bonds is 4. The van der Waals surface area contributed by atoms with E-state index in [0.29, 0.717) is 25.4 Å². The fourth-order valence-electron chi connectivity index (χ4n) is 4.59. The molecule has 0 saturated carbocycles. The van der Waals surface area contributed by atoms with Crippen molar-refractivity contribution in [3.05, 3.63) is 42.7 Å². The Labute approximate surface area is 217 Å². The number of alkyl halides is 4. The molecule has 1 unspecified atom stereocenters. The Bertz CT molecular complexity index is 1290. The fourth-order valence-corrected chi connectivity index (χ4v) is 4.59. The molecular formula is C25H30F4N8O. The molecule has 0 bridgehead atoms. The topological polar surface area (TPSA) is 105 Å². The second-order valence-corrected chi connectivity index (χ2v) is 9.23. The number of imidazole rings is 1. The number of amides is 1. The van der Waals surface area contributed by atoms with E-state index in [1.54, 1.807) is 0 Å². The first kappa shape index (κ1) is 27.1. The number of nitrogens with one attached hydrogen (secondary N) is 1. The average molecular weight is 535 g/mol. The first-order valence-corrected chi connectivity index (χ1v) is 12.3. The highest BCUT2D eigenvalue weighted by atomic mass is 19.4. The molecule has 5 rings (SSSR count). The lowest BCUT2D eigenvalue weighted by Gasteiger charge is -2.29. The number of nitrogens with two attached hydrogens (primary N) is 1. The van der Waals surface area contributed by atoms with Crippen molar-refractivity contribution in [1.29, 1.82) is 0 Å². The van der Waals surface area contributed by atoms with E-state index in [1.807, 2.05) is 22.6 Å². The molecule has 3 N–H and O–H groups in total. The zero-order valence-electron chi connectivity index (χ0n) is 21.0. The van der Waals surface area contributed by atoms with E-state index >= 15 is 0 Å². The summed E-state index contributed by atoms with van der Waals surface area (Å²) in [5.41, 5.74) is 7.63. The minimum Gasteiger partial charge on any atom is -0.370 e. The van der Waals surface area contributed by atoms with Gasteiger partial charge in [0.2, 0.25) is 17.8 Å². The Balaban J connectivity index is 0.000000257. The number of anilines is 4. The maximum atomic E-state index is 13.9. The van der Waals surface area contributed by atoms with Gasteiger partial charge in [-0.1, -0.05) is 6.58 Å². The number of carbonyl (C=O) groups excluding carboxylic acids is 1. The third-order valence-electron chi connectivity index (χ3n) is 6.51. The molecule has 2 fully saturated rings. The van der Waals surface area contributed by atoms with Gasteiger partial charge in [-0.2, -0.15) is 13.2 Å². The molecule has 204 valence electrons. The zero-order valence-corrected chi connectivity index (χ0v) is 21.0. The second kappa shape index (κ2) is 11.2. The quantitative estimate of drug-likeness (QED) is 0.380. The lowest BCUT2D eigenvalue weighted by atomic mass is 10.1. The van der Waals surface area contributed by atoms with E-state index in [2.05, 4.69) is 32.8 Å². The van der Waals surface area contributed by atoms with Crippen LogP contribution in [0.2, 0.25) is 0 Å². The third-order valence-corrected chi connectivity index (χ3v) is 6.51. The smallest absolute Gasteiger partial charge is 0.370 e. The molecule has 2 aliphatic rings. The van der Waals surface area contributed by atoms with Crippen molar-refractivity contribution in [1.82, 2.24) is 19.5 Å². The summed E-state index contributed by atoms with van der Waals surface area (Å²) in [4.78, 5) is 27.4. The molecule has 9 nitrogen and oxygen atoms in total. The van der Waals surface area contributed by atoms with Gasteiger partial charge in [0.05, 0.1) is 34.5 Å². The van der Waals surface area contributed by atoms with E-state index in [0.717, 1.165) is 67.3 Å². The molecule has 1 atom stereocenters. The van der Waals surface area contributed by atoms with E-state index in [4.69, 9.17) is 10.7 Å². The van der Waals surface area contributed by atoms with Crippen molar-refractivity contribution in [3.8, 4) is 0 Å². The van der Waals surface area contributed by atoms with Crippen molar-refractivity contribution in [2.75, 3.05) is 47.0 Å². The molecule has 2 saturated heterocycles. The van der Waals surface area contributed by atoms with Crippen LogP contribution in [0.25, 0.3) is 11.0 Å². The van der Waals surface area contributed by atoms with Crippen LogP contribution in [0, 0.1) is 0 Å². The van der Waals surface area contributed by atoms with E-state index in [1.165, 1.54) is 6.08 Å². The number of aromatic nitrogens is 4. The number of halogens is 4. The van der Waals surface area contributed by atoms with Crippen molar-refractivity contribution >= 4 is 40.2 Å². The number of nitrogen functional groups attached to an aromatic ring is 1. The average Bonchev–Trinajstić information content (AvgIpc) is 3.52. The van der Waals surface area contributed by atoms with Gasteiger partial charge in [-0.25, -0.2) is 19.3 Å². The van der Waals surface area contributed by atoms with Gasteiger partial charge in [-0.05, 0) is 43.9 Å². The van der Waals surface area contributed by atoms with Crippen LogP contribution in [0.4, 0.5) is 40.8 Å². The Morgan fingerprint density at radius 1 is 1.13 bits per heavy atom. The first-order chi connectivity index (χ1) is 18.1. The van der Waals surface area contributed by atoms with Crippen molar-refractivity contribution < 1.29 is 22.4 Å². The van der Waals surface area contributed by atoms with Gasteiger partial charge in [-0.3, -0.25) is 4.79 Å². The van der Waals surface area contributed by atoms with E-state index in [9.17, 15) is 22.4 Å². The largest absolute Gasteiger partial charge is 0.419 e. The monoisotopic (exact) mass is 534 g/mol. The lowest BCUT2D eigenvalue weighted by molar-refractivity contribution is -0.138. The summed E-state index contributed by atoms with van der Waals surface area (Å²) in [6.45, 7) is 6.70. The second-order valence-electron chi connectivity index (χ2n) is 9.23. The molecule has 0 aliphatic carbocycles. The first-order valence-electron chi connectivity index (χ1n) is 12.3. The maximum absolute atomic E-state index is 13.9. The predicted octanol–water partition coefficient (Wildman–Crippen LogP) is 4.31. The maximum Gasteiger partial charge on any atom is 0.419 e. The minimum atomic E-state index is -4.40. The highest BCUT2D eigenvalue weighted by Gasteiger charge is 2.31. The Morgan fingerprint density at radius 2 is 1.79 bits per heavy atom. The van der Waals surface area contributed by atoms with Crippen molar-refractivity contribution in [3.63, 3.8) is 0 Å². The summed E-state index contributed by atoms with van der Waals surface area (Å²) >= 11 is 0. The summed E-state index contributed by atoms with van der Waals surface area (Å²) in [7, 11) is 1.97. The third kappa shape index (κ3) is 6.14. The molecule has 38 heavy (non-hydrogen) atoms. The Kier molecular flexibility index (Phi) is 8.02. The van der Waals surface area contributed by atoms with Crippen LogP contribution >= 0.6 is 0 Å². The molecule has 13 heteroatoms. The van der Waals surface area contributed by atoms with Gasteiger partial charge in [0.15, 0.2) is 0 Å². The van der Waals surface area contributed by atoms with Gasteiger partial charge >= 0.3 is 6.18 Å². The number of aryl methyl sites for hydroxylation is 1.